The van der Waals surface area contributed by atoms with Crippen molar-refractivity contribution in [3.63, 3.8) is 0 Å². The number of aromatic nitrogens is 1. The molecule has 1 aliphatic heterocycles. The summed E-state index contributed by atoms with van der Waals surface area (Å²) < 4.78 is 5.78. The second kappa shape index (κ2) is 9.07. The zero-order valence-corrected chi connectivity index (χ0v) is 15.9. The molecule has 8 heteroatoms. The van der Waals surface area contributed by atoms with E-state index in [0.29, 0.717) is 43.1 Å². The normalized spacial score (nSPS) is 13.5. The highest BCUT2D eigenvalue weighted by molar-refractivity contribution is 5.92. The van der Waals surface area contributed by atoms with Crippen LogP contribution >= 0.6 is 0 Å². The van der Waals surface area contributed by atoms with Crippen molar-refractivity contribution in [2.45, 2.75) is 19.3 Å². The SMILES string of the molecule is CNc1ccc(Oc2ccnc(C(=O)NCCCN3CCCC3=O)c2)cc1N. The molecule has 1 saturated heterocycles. The Morgan fingerprint density at radius 3 is 2.82 bits per heavy atom. The quantitative estimate of drug-likeness (QED) is 0.476. The lowest BCUT2D eigenvalue weighted by Gasteiger charge is -2.15. The van der Waals surface area contributed by atoms with Gasteiger partial charge < -0.3 is 26.0 Å². The van der Waals surface area contributed by atoms with Crippen LogP contribution in [-0.2, 0) is 4.79 Å². The fourth-order valence-electron chi connectivity index (χ4n) is 3.07. The van der Waals surface area contributed by atoms with Crippen LogP contribution in [0.2, 0.25) is 0 Å². The van der Waals surface area contributed by atoms with Crippen molar-refractivity contribution in [2.75, 3.05) is 37.7 Å². The van der Waals surface area contributed by atoms with Gasteiger partial charge in [0.25, 0.3) is 5.91 Å². The molecule has 0 saturated carbocycles. The molecule has 148 valence electrons. The van der Waals surface area contributed by atoms with Crippen LogP contribution in [0.1, 0.15) is 29.8 Å². The average molecular weight is 383 g/mol. The number of hydrogen-bond donors (Lipinski definition) is 3. The number of nitrogens with one attached hydrogen (secondary N) is 2. The number of anilines is 2. The first-order valence-electron chi connectivity index (χ1n) is 9.34. The molecule has 1 aromatic heterocycles. The first-order chi connectivity index (χ1) is 13.6. The number of hydrogen-bond acceptors (Lipinski definition) is 6. The number of nitrogen functional groups attached to an aromatic ring is 1. The van der Waals surface area contributed by atoms with Crippen molar-refractivity contribution in [2.24, 2.45) is 0 Å². The summed E-state index contributed by atoms with van der Waals surface area (Å²) in [5, 5.41) is 5.82. The van der Waals surface area contributed by atoms with Gasteiger partial charge in [-0.1, -0.05) is 0 Å². The van der Waals surface area contributed by atoms with Crippen molar-refractivity contribution < 1.29 is 14.3 Å². The maximum atomic E-state index is 12.3. The molecular weight excluding hydrogens is 358 g/mol. The Balaban J connectivity index is 1.52. The maximum Gasteiger partial charge on any atom is 0.270 e. The zero-order chi connectivity index (χ0) is 19.9. The molecule has 1 aromatic carbocycles. The largest absolute Gasteiger partial charge is 0.457 e. The number of carbonyl (C=O) groups excluding carboxylic acids is 2. The average Bonchev–Trinajstić information content (AvgIpc) is 3.10. The first-order valence-corrected chi connectivity index (χ1v) is 9.34. The summed E-state index contributed by atoms with van der Waals surface area (Å²) in [6, 6.07) is 8.59. The summed E-state index contributed by atoms with van der Waals surface area (Å²) in [5.74, 6) is 0.994. The number of likely N-dealkylation sites (tertiary alicyclic amines) is 1. The Hall–Kier alpha value is -3.29. The van der Waals surface area contributed by atoms with E-state index in [0.717, 1.165) is 18.7 Å². The summed E-state index contributed by atoms with van der Waals surface area (Å²) >= 11 is 0. The van der Waals surface area contributed by atoms with Crippen LogP contribution < -0.4 is 21.1 Å². The lowest BCUT2D eigenvalue weighted by Crippen LogP contribution is -2.30. The summed E-state index contributed by atoms with van der Waals surface area (Å²) in [6.45, 7) is 1.96. The summed E-state index contributed by atoms with van der Waals surface area (Å²) in [4.78, 5) is 29.8. The van der Waals surface area contributed by atoms with E-state index in [9.17, 15) is 9.59 Å². The van der Waals surface area contributed by atoms with Crippen LogP contribution in [0, 0.1) is 0 Å². The molecule has 2 heterocycles. The number of carbonyl (C=O) groups is 2. The first kappa shape index (κ1) is 19.5. The van der Waals surface area contributed by atoms with Crippen molar-refractivity contribution >= 4 is 23.2 Å². The van der Waals surface area contributed by atoms with E-state index in [4.69, 9.17) is 10.5 Å². The monoisotopic (exact) mass is 383 g/mol. The van der Waals surface area contributed by atoms with Gasteiger partial charge in [-0.3, -0.25) is 14.6 Å². The minimum absolute atomic E-state index is 0.196. The molecule has 0 bridgehead atoms. The smallest absolute Gasteiger partial charge is 0.270 e. The highest BCUT2D eigenvalue weighted by Crippen LogP contribution is 2.27. The van der Waals surface area contributed by atoms with E-state index in [1.807, 2.05) is 11.0 Å². The van der Waals surface area contributed by atoms with E-state index in [1.54, 1.807) is 31.3 Å². The van der Waals surface area contributed by atoms with E-state index >= 15 is 0 Å². The van der Waals surface area contributed by atoms with Crippen LogP contribution in [0.4, 0.5) is 11.4 Å². The third-order valence-electron chi connectivity index (χ3n) is 4.55. The molecule has 0 atom stereocenters. The standard InChI is InChI=1S/C20H25N5O3/c1-22-17-6-5-14(12-16(17)21)28-15-7-9-23-18(13-15)20(27)24-8-3-11-25-10-2-4-19(25)26/h5-7,9,12-13,22H,2-4,8,10-11,21H2,1H3,(H,24,27). The molecule has 3 rings (SSSR count). The van der Waals surface area contributed by atoms with Gasteiger partial charge in [0, 0.05) is 51.4 Å². The Labute approximate surface area is 164 Å². The second-order valence-electron chi connectivity index (χ2n) is 6.57. The fraction of sp³-hybridized carbons (Fsp3) is 0.350. The minimum atomic E-state index is -0.275. The van der Waals surface area contributed by atoms with E-state index in [-0.39, 0.29) is 17.5 Å². The molecular formula is C20H25N5O3. The molecule has 0 aliphatic carbocycles. The Morgan fingerprint density at radius 2 is 2.11 bits per heavy atom. The third kappa shape index (κ3) is 4.91. The van der Waals surface area contributed by atoms with Crippen LogP contribution in [0.25, 0.3) is 0 Å². The number of nitrogens with two attached hydrogens (primary N) is 1. The number of benzene rings is 1. The molecule has 2 amide bonds. The van der Waals surface area contributed by atoms with Crippen molar-refractivity contribution in [1.29, 1.82) is 0 Å². The van der Waals surface area contributed by atoms with Gasteiger partial charge in [-0.15, -0.1) is 0 Å². The van der Waals surface area contributed by atoms with E-state index in [1.165, 1.54) is 6.20 Å². The number of ether oxygens (including phenoxy) is 1. The maximum absolute atomic E-state index is 12.3. The lowest BCUT2D eigenvalue weighted by atomic mass is 10.2. The van der Waals surface area contributed by atoms with Crippen LogP contribution in [0.15, 0.2) is 36.5 Å². The van der Waals surface area contributed by atoms with Crippen molar-refractivity contribution in [3.8, 4) is 11.5 Å². The summed E-state index contributed by atoms with van der Waals surface area (Å²) in [7, 11) is 1.79. The molecule has 0 radical (unpaired) electrons. The lowest BCUT2D eigenvalue weighted by molar-refractivity contribution is -0.127. The number of rotatable bonds is 8. The number of nitrogens with zero attached hydrogens (tertiary/aromatic N) is 2. The van der Waals surface area contributed by atoms with Gasteiger partial charge in [-0.05, 0) is 31.0 Å². The molecule has 0 unspecified atom stereocenters. The zero-order valence-electron chi connectivity index (χ0n) is 15.9. The molecule has 28 heavy (non-hydrogen) atoms. The van der Waals surface area contributed by atoms with E-state index < -0.39 is 0 Å². The minimum Gasteiger partial charge on any atom is -0.457 e. The molecule has 2 aromatic rings. The van der Waals surface area contributed by atoms with Gasteiger partial charge in [0.05, 0.1) is 11.4 Å². The van der Waals surface area contributed by atoms with Gasteiger partial charge in [0.15, 0.2) is 0 Å². The summed E-state index contributed by atoms with van der Waals surface area (Å²) in [6.07, 6.45) is 3.79. The predicted octanol–water partition coefficient (Wildman–Crippen LogP) is 2.24. The fourth-order valence-corrected chi connectivity index (χ4v) is 3.07. The third-order valence-corrected chi connectivity index (χ3v) is 4.55. The number of pyridine rings is 1. The second-order valence-corrected chi connectivity index (χ2v) is 6.57. The highest BCUT2D eigenvalue weighted by atomic mass is 16.5. The molecule has 4 N–H and O–H groups in total. The Bertz CT molecular complexity index is 855. The summed E-state index contributed by atoms with van der Waals surface area (Å²) in [5.41, 5.74) is 7.60. The Kier molecular flexibility index (Phi) is 6.31. The van der Waals surface area contributed by atoms with Crippen LogP contribution in [-0.4, -0.2) is 48.4 Å². The van der Waals surface area contributed by atoms with E-state index in [2.05, 4.69) is 15.6 Å². The van der Waals surface area contributed by atoms with Gasteiger partial charge >= 0.3 is 0 Å². The van der Waals surface area contributed by atoms with Crippen LogP contribution in [0.3, 0.4) is 0 Å². The predicted molar refractivity (Wildman–Crippen MR) is 107 cm³/mol. The topological polar surface area (TPSA) is 110 Å². The van der Waals surface area contributed by atoms with Gasteiger partial charge in [0.1, 0.15) is 17.2 Å². The van der Waals surface area contributed by atoms with Crippen molar-refractivity contribution in [1.82, 2.24) is 15.2 Å². The van der Waals surface area contributed by atoms with Gasteiger partial charge in [0.2, 0.25) is 5.91 Å². The highest BCUT2D eigenvalue weighted by Gasteiger charge is 2.19. The molecule has 1 fully saturated rings. The van der Waals surface area contributed by atoms with Gasteiger partial charge in [-0.2, -0.15) is 0 Å². The Morgan fingerprint density at radius 1 is 1.29 bits per heavy atom. The molecule has 8 nitrogen and oxygen atoms in total. The molecule has 0 spiro atoms. The van der Waals surface area contributed by atoms with Crippen LogP contribution in [0.5, 0.6) is 11.5 Å². The van der Waals surface area contributed by atoms with Crippen molar-refractivity contribution in [3.05, 3.63) is 42.2 Å². The molecule has 1 aliphatic rings. The van der Waals surface area contributed by atoms with Gasteiger partial charge in [-0.25, -0.2) is 0 Å². The number of amides is 2.